The quantitative estimate of drug-likeness (QED) is 0.933. The summed E-state index contributed by atoms with van der Waals surface area (Å²) in [6.45, 7) is 2.03. The molecule has 0 radical (unpaired) electrons. The molecule has 0 aliphatic carbocycles. The standard InChI is InChI=1S/C13H12Cl2N2O/c1-2-4-11-16-10(7-12(18)17-11)8-5-3-6-9(14)13(8)15/h3,5-7H,2,4H2,1H3,(H,16,17,18). The molecule has 0 amide bonds. The molecule has 0 saturated carbocycles. The van der Waals surface area contributed by atoms with E-state index in [-0.39, 0.29) is 5.56 Å². The van der Waals surface area contributed by atoms with Gasteiger partial charge in [0, 0.05) is 18.1 Å². The van der Waals surface area contributed by atoms with Crippen LogP contribution in [0.5, 0.6) is 0 Å². The molecule has 2 rings (SSSR count). The molecule has 0 unspecified atom stereocenters. The molecule has 0 aliphatic rings. The molecule has 3 nitrogen and oxygen atoms in total. The lowest BCUT2D eigenvalue weighted by Gasteiger charge is -2.06. The number of hydrogen-bond donors (Lipinski definition) is 1. The number of rotatable bonds is 3. The lowest BCUT2D eigenvalue weighted by atomic mass is 10.1. The number of hydrogen-bond acceptors (Lipinski definition) is 2. The van der Waals surface area contributed by atoms with Gasteiger partial charge in [-0.3, -0.25) is 4.79 Å². The van der Waals surface area contributed by atoms with Crippen molar-refractivity contribution in [3.05, 3.63) is 50.5 Å². The molecule has 0 fully saturated rings. The molecule has 0 bridgehead atoms. The van der Waals surface area contributed by atoms with Crippen molar-refractivity contribution in [3.8, 4) is 11.3 Å². The van der Waals surface area contributed by atoms with Crippen molar-refractivity contribution >= 4 is 23.2 Å². The van der Waals surface area contributed by atoms with E-state index in [9.17, 15) is 4.79 Å². The van der Waals surface area contributed by atoms with Crippen molar-refractivity contribution in [3.63, 3.8) is 0 Å². The van der Waals surface area contributed by atoms with Crippen LogP contribution >= 0.6 is 23.2 Å². The second-order valence-corrected chi connectivity index (χ2v) is 4.71. The average molecular weight is 283 g/mol. The number of nitrogens with one attached hydrogen (secondary N) is 1. The summed E-state index contributed by atoms with van der Waals surface area (Å²) >= 11 is 12.1. The van der Waals surface area contributed by atoms with Gasteiger partial charge in [0.1, 0.15) is 5.82 Å². The zero-order valence-corrected chi connectivity index (χ0v) is 11.3. The van der Waals surface area contributed by atoms with Crippen LogP contribution in [0.4, 0.5) is 0 Å². The second-order valence-electron chi connectivity index (χ2n) is 3.93. The Morgan fingerprint density at radius 1 is 1.33 bits per heavy atom. The molecule has 18 heavy (non-hydrogen) atoms. The van der Waals surface area contributed by atoms with E-state index in [1.807, 2.05) is 6.92 Å². The highest BCUT2D eigenvalue weighted by atomic mass is 35.5. The second kappa shape index (κ2) is 5.55. The maximum Gasteiger partial charge on any atom is 0.251 e. The van der Waals surface area contributed by atoms with Crippen LogP contribution in [0.2, 0.25) is 10.0 Å². The first kappa shape index (κ1) is 13.1. The summed E-state index contributed by atoms with van der Waals surface area (Å²) in [5, 5.41) is 0.869. The third-order valence-corrected chi connectivity index (χ3v) is 3.32. The van der Waals surface area contributed by atoms with Crippen LogP contribution in [-0.2, 0) is 6.42 Å². The minimum atomic E-state index is -0.181. The third-order valence-electron chi connectivity index (χ3n) is 2.51. The first-order valence-corrected chi connectivity index (χ1v) is 6.42. The largest absolute Gasteiger partial charge is 0.311 e. The first-order valence-electron chi connectivity index (χ1n) is 5.66. The van der Waals surface area contributed by atoms with Gasteiger partial charge in [0.25, 0.3) is 5.56 Å². The maximum atomic E-state index is 11.6. The Morgan fingerprint density at radius 2 is 2.11 bits per heavy atom. The highest BCUT2D eigenvalue weighted by Crippen LogP contribution is 2.31. The van der Waals surface area contributed by atoms with E-state index in [1.54, 1.807) is 18.2 Å². The van der Waals surface area contributed by atoms with Crippen molar-refractivity contribution in [2.24, 2.45) is 0 Å². The minimum Gasteiger partial charge on any atom is -0.311 e. The predicted octanol–water partition coefficient (Wildman–Crippen LogP) is 3.70. The SMILES string of the molecule is CCCc1nc(-c2cccc(Cl)c2Cl)cc(=O)[nH]1. The summed E-state index contributed by atoms with van der Waals surface area (Å²) < 4.78 is 0. The Kier molecular flexibility index (Phi) is 4.04. The van der Waals surface area contributed by atoms with Crippen molar-refractivity contribution in [1.29, 1.82) is 0 Å². The highest BCUT2D eigenvalue weighted by molar-refractivity contribution is 6.43. The van der Waals surface area contributed by atoms with Gasteiger partial charge in [-0.1, -0.05) is 42.3 Å². The average Bonchev–Trinajstić information content (AvgIpc) is 2.32. The molecule has 1 heterocycles. The van der Waals surface area contributed by atoms with Gasteiger partial charge in [-0.2, -0.15) is 0 Å². The molecular formula is C13H12Cl2N2O. The molecule has 0 saturated heterocycles. The Balaban J connectivity index is 2.56. The van der Waals surface area contributed by atoms with E-state index in [1.165, 1.54) is 6.07 Å². The fourth-order valence-electron chi connectivity index (χ4n) is 1.70. The maximum absolute atomic E-state index is 11.6. The molecule has 0 aliphatic heterocycles. The van der Waals surface area contributed by atoms with Gasteiger partial charge in [0.15, 0.2) is 0 Å². The number of halogens is 2. The van der Waals surface area contributed by atoms with Crippen LogP contribution in [-0.4, -0.2) is 9.97 Å². The van der Waals surface area contributed by atoms with Gasteiger partial charge in [0.05, 0.1) is 15.7 Å². The number of aromatic nitrogens is 2. The van der Waals surface area contributed by atoms with Gasteiger partial charge in [-0.15, -0.1) is 0 Å². The Labute approximate surface area is 115 Å². The van der Waals surface area contributed by atoms with Crippen LogP contribution in [0, 0.1) is 0 Å². The first-order chi connectivity index (χ1) is 8.61. The molecule has 1 N–H and O–H groups in total. The van der Waals surface area contributed by atoms with Crippen molar-refractivity contribution in [2.45, 2.75) is 19.8 Å². The highest BCUT2D eigenvalue weighted by Gasteiger charge is 2.09. The molecule has 0 atom stereocenters. The molecule has 0 spiro atoms. The summed E-state index contributed by atoms with van der Waals surface area (Å²) in [6.07, 6.45) is 1.64. The number of benzene rings is 1. The number of nitrogens with zero attached hydrogens (tertiary/aromatic N) is 1. The Morgan fingerprint density at radius 3 is 2.83 bits per heavy atom. The predicted molar refractivity (Wildman–Crippen MR) is 74.3 cm³/mol. The zero-order chi connectivity index (χ0) is 13.1. The van der Waals surface area contributed by atoms with Crippen LogP contribution < -0.4 is 5.56 Å². The smallest absolute Gasteiger partial charge is 0.251 e. The van der Waals surface area contributed by atoms with Crippen LogP contribution in [0.25, 0.3) is 11.3 Å². The number of aromatic amines is 1. The lowest BCUT2D eigenvalue weighted by Crippen LogP contribution is -2.11. The monoisotopic (exact) mass is 282 g/mol. The summed E-state index contributed by atoms with van der Waals surface area (Å²) in [4.78, 5) is 18.7. The van der Waals surface area contributed by atoms with Gasteiger partial charge in [-0.25, -0.2) is 4.98 Å². The molecular weight excluding hydrogens is 271 g/mol. The van der Waals surface area contributed by atoms with Crippen molar-refractivity contribution in [2.75, 3.05) is 0 Å². The minimum absolute atomic E-state index is 0.181. The third kappa shape index (κ3) is 2.74. The fraction of sp³-hybridized carbons (Fsp3) is 0.231. The van der Waals surface area contributed by atoms with Crippen LogP contribution in [0.15, 0.2) is 29.1 Å². The van der Waals surface area contributed by atoms with Crippen molar-refractivity contribution < 1.29 is 0 Å². The van der Waals surface area contributed by atoms with Crippen LogP contribution in [0.1, 0.15) is 19.2 Å². The summed E-state index contributed by atoms with van der Waals surface area (Å²) in [5.41, 5.74) is 1.04. The Hall–Kier alpha value is -1.32. The van der Waals surface area contributed by atoms with E-state index in [0.29, 0.717) is 27.1 Å². The van der Waals surface area contributed by atoms with Crippen LogP contribution in [0.3, 0.4) is 0 Å². The van der Waals surface area contributed by atoms with Gasteiger partial charge in [0.2, 0.25) is 0 Å². The molecule has 2 aromatic rings. The zero-order valence-electron chi connectivity index (χ0n) is 9.84. The fourth-order valence-corrected chi connectivity index (χ4v) is 2.10. The van der Waals surface area contributed by atoms with Gasteiger partial charge < -0.3 is 4.98 Å². The Bertz CT molecular complexity index is 623. The molecule has 5 heteroatoms. The normalized spacial score (nSPS) is 10.6. The van der Waals surface area contributed by atoms with E-state index >= 15 is 0 Å². The molecule has 1 aromatic carbocycles. The van der Waals surface area contributed by atoms with Gasteiger partial charge in [-0.05, 0) is 12.5 Å². The number of H-pyrrole nitrogens is 1. The summed E-state index contributed by atoms with van der Waals surface area (Å²) in [5.74, 6) is 0.663. The summed E-state index contributed by atoms with van der Waals surface area (Å²) in [6, 6.07) is 6.71. The van der Waals surface area contributed by atoms with E-state index in [0.717, 1.165) is 12.8 Å². The molecule has 94 valence electrons. The molecule has 1 aromatic heterocycles. The van der Waals surface area contributed by atoms with E-state index < -0.39 is 0 Å². The lowest BCUT2D eigenvalue weighted by molar-refractivity contribution is 0.828. The number of aryl methyl sites for hydroxylation is 1. The van der Waals surface area contributed by atoms with Crippen molar-refractivity contribution in [1.82, 2.24) is 9.97 Å². The van der Waals surface area contributed by atoms with E-state index in [2.05, 4.69) is 9.97 Å². The topological polar surface area (TPSA) is 45.8 Å². The van der Waals surface area contributed by atoms with Gasteiger partial charge >= 0.3 is 0 Å². The van der Waals surface area contributed by atoms with E-state index in [4.69, 9.17) is 23.2 Å². The summed E-state index contributed by atoms with van der Waals surface area (Å²) in [7, 11) is 0.